The minimum atomic E-state index is -0.0777. The molecule has 4 nitrogen and oxygen atoms in total. The van der Waals surface area contributed by atoms with Crippen LogP contribution in [0.3, 0.4) is 0 Å². The molecule has 0 saturated heterocycles. The van der Waals surface area contributed by atoms with Crippen LogP contribution in [0.4, 0.5) is 0 Å². The van der Waals surface area contributed by atoms with Crippen LogP contribution in [0.5, 0.6) is 0 Å². The molecule has 1 N–H and O–H groups in total. The van der Waals surface area contributed by atoms with Gasteiger partial charge in [0.05, 0.1) is 6.54 Å². The second-order valence-electron chi connectivity index (χ2n) is 8.79. The third-order valence-electron chi connectivity index (χ3n) is 6.40. The fourth-order valence-corrected chi connectivity index (χ4v) is 4.35. The Hall–Kier alpha value is -0.900. The number of hydrogen-bond donors (Lipinski definition) is 1. The van der Waals surface area contributed by atoms with Crippen molar-refractivity contribution >= 4 is 0 Å². The van der Waals surface area contributed by atoms with Gasteiger partial charge in [-0.1, -0.05) is 41.5 Å². The number of rotatable bonds is 3. The number of hydrogen-bond acceptors (Lipinski definition) is 4. The average molecular weight is 291 g/mol. The van der Waals surface area contributed by atoms with Crippen LogP contribution in [0.2, 0.25) is 0 Å². The van der Waals surface area contributed by atoms with Gasteiger partial charge in [0, 0.05) is 11.5 Å². The van der Waals surface area contributed by atoms with Gasteiger partial charge in [-0.3, -0.25) is 0 Å². The smallest absolute Gasteiger partial charge is 0.230 e. The first-order valence-electron chi connectivity index (χ1n) is 8.21. The Balaban J connectivity index is 1.66. The zero-order valence-corrected chi connectivity index (χ0v) is 14.3. The summed E-state index contributed by atoms with van der Waals surface area (Å²) in [5.41, 5.74) is 0.756. The van der Waals surface area contributed by atoms with Gasteiger partial charge >= 0.3 is 0 Å². The summed E-state index contributed by atoms with van der Waals surface area (Å²) in [7, 11) is 0. The summed E-state index contributed by atoms with van der Waals surface area (Å²) >= 11 is 0. The molecule has 0 aromatic carbocycles. The Morgan fingerprint density at radius 2 is 1.95 bits per heavy atom. The molecule has 1 aromatic rings. The van der Waals surface area contributed by atoms with E-state index in [1.165, 1.54) is 19.3 Å². The zero-order valence-electron chi connectivity index (χ0n) is 14.3. The lowest BCUT2D eigenvalue weighted by molar-refractivity contribution is 0.119. The van der Waals surface area contributed by atoms with Crippen molar-refractivity contribution < 1.29 is 4.42 Å². The van der Waals surface area contributed by atoms with Crippen LogP contribution in [0.15, 0.2) is 4.42 Å². The third-order valence-corrected chi connectivity index (χ3v) is 6.40. The van der Waals surface area contributed by atoms with Gasteiger partial charge in [0.2, 0.25) is 11.8 Å². The minimum Gasteiger partial charge on any atom is -0.423 e. The quantitative estimate of drug-likeness (QED) is 0.923. The van der Waals surface area contributed by atoms with Gasteiger partial charge in [0.1, 0.15) is 0 Å². The van der Waals surface area contributed by atoms with Gasteiger partial charge < -0.3 is 9.73 Å². The van der Waals surface area contributed by atoms with Crippen molar-refractivity contribution in [2.24, 2.45) is 16.7 Å². The SMILES string of the molecule is CC(C)(C)c1nnc(CN[C@H]2C[C@H]3CC[C@@]2(C)C3(C)C)o1. The molecule has 1 aromatic heterocycles. The van der Waals surface area contributed by atoms with E-state index in [1.807, 2.05) is 0 Å². The summed E-state index contributed by atoms with van der Waals surface area (Å²) in [6.07, 6.45) is 4.00. The number of aromatic nitrogens is 2. The van der Waals surface area contributed by atoms with Crippen LogP contribution in [0.25, 0.3) is 0 Å². The molecule has 0 radical (unpaired) electrons. The van der Waals surface area contributed by atoms with Gasteiger partial charge in [0.15, 0.2) is 0 Å². The van der Waals surface area contributed by atoms with Crippen LogP contribution in [-0.4, -0.2) is 16.2 Å². The highest BCUT2D eigenvalue weighted by Crippen LogP contribution is 2.65. The molecule has 0 unspecified atom stereocenters. The maximum Gasteiger partial charge on any atom is 0.230 e. The van der Waals surface area contributed by atoms with Crippen LogP contribution in [0, 0.1) is 16.7 Å². The fourth-order valence-electron chi connectivity index (χ4n) is 4.35. The van der Waals surface area contributed by atoms with Crippen molar-refractivity contribution in [3.05, 3.63) is 11.8 Å². The van der Waals surface area contributed by atoms with E-state index in [-0.39, 0.29) is 5.41 Å². The average Bonchev–Trinajstić information content (AvgIpc) is 2.97. The maximum atomic E-state index is 5.79. The molecule has 3 rings (SSSR count). The molecule has 0 amide bonds. The van der Waals surface area contributed by atoms with Crippen molar-refractivity contribution in [1.82, 2.24) is 15.5 Å². The molecule has 3 atom stereocenters. The summed E-state index contributed by atoms with van der Waals surface area (Å²) in [5, 5.41) is 12.0. The standard InChI is InChI=1S/C17H29N3O/c1-15(2,3)14-20-19-13(21-14)10-18-12-9-11-7-8-17(12,6)16(11,4)5/h11-12,18H,7-10H2,1-6H3/t11-,12+,17-/m1/s1. The van der Waals surface area contributed by atoms with Crippen molar-refractivity contribution in [1.29, 1.82) is 0 Å². The number of nitrogens with zero attached hydrogens (tertiary/aromatic N) is 2. The van der Waals surface area contributed by atoms with Gasteiger partial charge in [-0.25, -0.2) is 0 Å². The second-order valence-corrected chi connectivity index (χ2v) is 8.79. The predicted molar refractivity (Wildman–Crippen MR) is 82.9 cm³/mol. The molecule has 0 spiro atoms. The molecule has 2 bridgehead atoms. The van der Waals surface area contributed by atoms with Gasteiger partial charge in [-0.2, -0.15) is 0 Å². The third kappa shape index (κ3) is 2.23. The first-order valence-corrected chi connectivity index (χ1v) is 8.21. The number of fused-ring (bicyclic) bond motifs is 2. The second kappa shape index (κ2) is 4.55. The summed E-state index contributed by atoms with van der Waals surface area (Å²) in [4.78, 5) is 0. The Labute approximate surface area is 128 Å². The highest BCUT2D eigenvalue weighted by atomic mass is 16.4. The number of nitrogens with one attached hydrogen (secondary N) is 1. The van der Waals surface area contributed by atoms with Crippen molar-refractivity contribution in [2.45, 2.75) is 78.8 Å². The molecule has 2 aliphatic rings. The largest absolute Gasteiger partial charge is 0.423 e. The first kappa shape index (κ1) is 15.0. The Bertz CT molecular complexity index is 528. The van der Waals surface area contributed by atoms with E-state index in [0.29, 0.717) is 29.3 Å². The molecule has 1 heterocycles. The zero-order chi connectivity index (χ0) is 15.5. The van der Waals surface area contributed by atoms with Crippen molar-refractivity contribution in [3.8, 4) is 0 Å². The summed E-state index contributed by atoms with van der Waals surface area (Å²) < 4.78 is 5.79. The van der Waals surface area contributed by atoms with Crippen molar-refractivity contribution in [2.75, 3.05) is 0 Å². The predicted octanol–water partition coefficient (Wildman–Crippen LogP) is 3.67. The molecule has 118 valence electrons. The molecular weight excluding hydrogens is 262 g/mol. The van der Waals surface area contributed by atoms with Gasteiger partial charge in [-0.05, 0) is 36.0 Å². The fraction of sp³-hybridized carbons (Fsp3) is 0.882. The molecule has 2 fully saturated rings. The van der Waals surface area contributed by atoms with E-state index < -0.39 is 0 Å². The topological polar surface area (TPSA) is 51.0 Å². The monoisotopic (exact) mass is 291 g/mol. The van der Waals surface area contributed by atoms with Gasteiger partial charge in [0.25, 0.3) is 0 Å². The van der Waals surface area contributed by atoms with E-state index in [4.69, 9.17) is 4.42 Å². The molecular formula is C17H29N3O. The summed E-state index contributed by atoms with van der Waals surface area (Å²) in [6, 6.07) is 0.566. The van der Waals surface area contributed by atoms with E-state index >= 15 is 0 Å². The Kier molecular flexibility index (Phi) is 3.25. The highest BCUT2D eigenvalue weighted by molar-refractivity contribution is 5.13. The Morgan fingerprint density at radius 3 is 2.43 bits per heavy atom. The van der Waals surface area contributed by atoms with Crippen LogP contribution < -0.4 is 5.32 Å². The van der Waals surface area contributed by atoms with E-state index in [9.17, 15) is 0 Å². The maximum absolute atomic E-state index is 5.79. The normalized spacial score (nSPS) is 34.6. The molecule has 0 aliphatic heterocycles. The first-order chi connectivity index (χ1) is 9.64. The van der Waals surface area contributed by atoms with E-state index in [1.54, 1.807) is 0 Å². The molecule has 2 aliphatic carbocycles. The van der Waals surface area contributed by atoms with Crippen molar-refractivity contribution in [3.63, 3.8) is 0 Å². The lowest BCUT2D eigenvalue weighted by atomic mass is 9.69. The van der Waals surface area contributed by atoms with E-state index in [0.717, 1.165) is 11.8 Å². The minimum absolute atomic E-state index is 0.0777. The van der Waals surface area contributed by atoms with Crippen LogP contribution in [0.1, 0.15) is 72.6 Å². The summed E-state index contributed by atoms with van der Waals surface area (Å²) in [5.74, 6) is 2.29. The van der Waals surface area contributed by atoms with E-state index in [2.05, 4.69) is 57.1 Å². The Morgan fingerprint density at radius 1 is 1.24 bits per heavy atom. The van der Waals surface area contributed by atoms with Crippen LogP contribution >= 0.6 is 0 Å². The molecule has 21 heavy (non-hydrogen) atoms. The molecule has 4 heteroatoms. The molecule has 2 saturated carbocycles. The van der Waals surface area contributed by atoms with Crippen LogP contribution in [-0.2, 0) is 12.0 Å². The lowest BCUT2D eigenvalue weighted by Crippen LogP contribution is -2.44. The highest BCUT2D eigenvalue weighted by Gasteiger charge is 2.61. The summed E-state index contributed by atoms with van der Waals surface area (Å²) in [6.45, 7) is 14.3. The van der Waals surface area contributed by atoms with Gasteiger partial charge in [-0.15, -0.1) is 10.2 Å². The lowest BCUT2D eigenvalue weighted by Gasteiger charge is -2.39.